The molecule has 2 N–H and O–H groups in total. The summed E-state index contributed by atoms with van der Waals surface area (Å²) in [5.41, 5.74) is 1.99. The predicted octanol–water partition coefficient (Wildman–Crippen LogP) is 3.58. The van der Waals surface area contributed by atoms with Crippen molar-refractivity contribution in [3.8, 4) is 11.5 Å². The maximum atomic E-state index is 5.60. The molecule has 0 aromatic heterocycles. The summed E-state index contributed by atoms with van der Waals surface area (Å²) in [4.78, 5) is 0. The van der Waals surface area contributed by atoms with Gasteiger partial charge in [-0.15, -0.1) is 0 Å². The summed E-state index contributed by atoms with van der Waals surface area (Å²) in [6, 6.07) is 15.5. The molecule has 5 heteroatoms. The molecule has 0 bridgehead atoms. The van der Waals surface area contributed by atoms with Gasteiger partial charge in [-0.25, -0.2) is 0 Å². The van der Waals surface area contributed by atoms with E-state index in [1.807, 2.05) is 55.5 Å². The summed E-state index contributed by atoms with van der Waals surface area (Å²) in [7, 11) is 1.64. The largest absolute Gasteiger partial charge is 0.497 e. The summed E-state index contributed by atoms with van der Waals surface area (Å²) in [5.74, 6) is 1.69. The Hall–Kier alpha value is -2.27. The fourth-order valence-corrected chi connectivity index (χ4v) is 2.16. The van der Waals surface area contributed by atoms with Crippen molar-refractivity contribution in [1.82, 2.24) is 5.32 Å². The van der Waals surface area contributed by atoms with Crippen LogP contribution in [0.25, 0.3) is 0 Å². The average Bonchev–Trinajstić information content (AvgIpc) is 2.55. The number of methoxy groups -OCH3 is 1. The monoisotopic (exact) mass is 316 g/mol. The predicted molar refractivity (Wildman–Crippen MR) is 93.7 cm³/mol. The number of benzene rings is 2. The van der Waals surface area contributed by atoms with Gasteiger partial charge in [0, 0.05) is 17.8 Å². The van der Waals surface area contributed by atoms with Crippen molar-refractivity contribution in [3.05, 3.63) is 54.1 Å². The average molecular weight is 316 g/mol. The van der Waals surface area contributed by atoms with E-state index in [0.717, 1.165) is 22.7 Å². The summed E-state index contributed by atoms with van der Waals surface area (Å²) < 4.78 is 10.7. The summed E-state index contributed by atoms with van der Waals surface area (Å²) in [6.45, 7) is 3.23. The molecule has 0 aliphatic heterocycles. The van der Waals surface area contributed by atoms with Gasteiger partial charge in [-0.2, -0.15) is 0 Å². The van der Waals surface area contributed by atoms with Gasteiger partial charge in [-0.1, -0.05) is 18.2 Å². The van der Waals surface area contributed by atoms with Crippen LogP contribution in [0.4, 0.5) is 5.69 Å². The molecule has 0 saturated carbocycles. The Morgan fingerprint density at radius 2 is 1.82 bits per heavy atom. The smallest absolute Gasteiger partial charge is 0.171 e. The van der Waals surface area contributed by atoms with Crippen molar-refractivity contribution in [2.75, 3.05) is 19.0 Å². The highest BCUT2D eigenvalue weighted by atomic mass is 32.1. The normalized spacial score (nSPS) is 9.91. The van der Waals surface area contributed by atoms with E-state index in [9.17, 15) is 0 Å². The Morgan fingerprint density at radius 1 is 1.09 bits per heavy atom. The van der Waals surface area contributed by atoms with E-state index in [-0.39, 0.29) is 0 Å². The molecule has 0 amide bonds. The second kappa shape index (κ2) is 8.24. The number of anilines is 1. The Labute approximate surface area is 136 Å². The van der Waals surface area contributed by atoms with Crippen LogP contribution >= 0.6 is 12.2 Å². The SMILES string of the molecule is CCOc1ccccc1CNC(=S)Nc1ccc(OC)cc1. The first-order chi connectivity index (χ1) is 10.7. The maximum Gasteiger partial charge on any atom is 0.171 e. The van der Waals surface area contributed by atoms with Crippen LogP contribution < -0.4 is 20.1 Å². The third kappa shape index (κ3) is 4.63. The van der Waals surface area contributed by atoms with Crippen molar-refractivity contribution in [2.24, 2.45) is 0 Å². The van der Waals surface area contributed by atoms with Gasteiger partial charge < -0.3 is 20.1 Å². The molecule has 0 aliphatic carbocycles. The molecular weight excluding hydrogens is 296 g/mol. The van der Waals surface area contributed by atoms with Gasteiger partial charge in [0.25, 0.3) is 0 Å². The topological polar surface area (TPSA) is 42.5 Å². The van der Waals surface area contributed by atoms with Crippen molar-refractivity contribution >= 4 is 23.0 Å². The maximum absolute atomic E-state index is 5.60. The molecule has 116 valence electrons. The van der Waals surface area contributed by atoms with Gasteiger partial charge in [0.05, 0.1) is 13.7 Å². The first-order valence-corrected chi connectivity index (χ1v) is 7.53. The molecule has 2 aromatic carbocycles. The zero-order valence-electron chi connectivity index (χ0n) is 12.8. The standard InChI is InChI=1S/C17H20N2O2S/c1-3-21-16-7-5-4-6-13(16)12-18-17(22)19-14-8-10-15(20-2)11-9-14/h4-11H,3,12H2,1-2H3,(H2,18,19,22). The van der Waals surface area contributed by atoms with Gasteiger partial charge in [0.2, 0.25) is 0 Å². The summed E-state index contributed by atoms with van der Waals surface area (Å²) in [5, 5.41) is 6.89. The van der Waals surface area contributed by atoms with Crippen LogP contribution in [0, 0.1) is 0 Å². The van der Waals surface area contributed by atoms with Crippen molar-refractivity contribution in [1.29, 1.82) is 0 Å². The lowest BCUT2D eigenvalue weighted by atomic mass is 10.2. The lowest BCUT2D eigenvalue weighted by molar-refractivity contribution is 0.336. The number of hydrogen-bond donors (Lipinski definition) is 2. The summed E-state index contributed by atoms with van der Waals surface area (Å²) >= 11 is 5.31. The van der Waals surface area contributed by atoms with Gasteiger partial charge in [0.15, 0.2) is 5.11 Å². The first-order valence-electron chi connectivity index (χ1n) is 7.12. The number of nitrogens with one attached hydrogen (secondary N) is 2. The minimum Gasteiger partial charge on any atom is -0.497 e. The van der Waals surface area contributed by atoms with Crippen molar-refractivity contribution < 1.29 is 9.47 Å². The zero-order chi connectivity index (χ0) is 15.8. The van der Waals surface area contributed by atoms with E-state index in [1.54, 1.807) is 7.11 Å². The molecular formula is C17H20N2O2S. The zero-order valence-corrected chi connectivity index (χ0v) is 13.6. The van der Waals surface area contributed by atoms with Gasteiger partial charge in [-0.3, -0.25) is 0 Å². The van der Waals surface area contributed by atoms with E-state index in [0.29, 0.717) is 18.3 Å². The molecule has 0 radical (unpaired) electrons. The van der Waals surface area contributed by atoms with E-state index in [4.69, 9.17) is 21.7 Å². The van der Waals surface area contributed by atoms with E-state index >= 15 is 0 Å². The molecule has 0 saturated heterocycles. The highest BCUT2D eigenvalue weighted by Gasteiger charge is 2.03. The second-order valence-electron chi connectivity index (χ2n) is 4.58. The lowest BCUT2D eigenvalue weighted by Crippen LogP contribution is -2.28. The highest BCUT2D eigenvalue weighted by Crippen LogP contribution is 2.18. The number of hydrogen-bond acceptors (Lipinski definition) is 3. The van der Waals surface area contributed by atoms with E-state index in [2.05, 4.69) is 10.6 Å². The fourth-order valence-electron chi connectivity index (χ4n) is 1.97. The fraction of sp³-hybridized carbons (Fsp3) is 0.235. The van der Waals surface area contributed by atoms with E-state index < -0.39 is 0 Å². The van der Waals surface area contributed by atoms with Gasteiger partial charge in [-0.05, 0) is 49.5 Å². The number of para-hydroxylation sites is 1. The molecule has 0 spiro atoms. The Bertz CT molecular complexity index is 614. The Kier molecular flexibility index (Phi) is 6.03. The number of rotatable bonds is 6. The van der Waals surface area contributed by atoms with Gasteiger partial charge >= 0.3 is 0 Å². The van der Waals surface area contributed by atoms with Crippen LogP contribution in [0.3, 0.4) is 0 Å². The highest BCUT2D eigenvalue weighted by molar-refractivity contribution is 7.80. The molecule has 0 heterocycles. The molecule has 2 aromatic rings. The molecule has 0 aliphatic rings. The number of ether oxygens (including phenoxy) is 2. The minimum atomic E-state index is 0.566. The third-order valence-corrected chi connectivity index (χ3v) is 3.31. The molecule has 4 nitrogen and oxygen atoms in total. The Morgan fingerprint density at radius 3 is 2.50 bits per heavy atom. The quantitative estimate of drug-likeness (QED) is 0.797. The molecule has 22 heavy (non-hydrogen) atoms. The Balaban J connectivity index is 1.89. The first kappa shape index (κ1) is 16.1. The molecule has 0 unspecified atom stereocenters. The second-order valence-corrected chi connectivity index (χ2v) is 4.99. The molecule has 0 fully saturated rings. The summed E-state index contributed by atoms with van der Waals surface area (Å²) in [6.07, 6.45) is 0. The third-order valence-electron chi connectivity index (χ3n) is 3.06. The number of thiocarbonyl (C=S) groups is 1. The van der Waals surface area contributed by atoms with Crippen LogP contribution in [-0.4, -0.2) is 18.8 Å². The van der Waals surface area contributed by atoms with Gasteiger partial charge in [0.1, 0.15) is 11.5 Å². The van der Waals surface area contributed by atoms with E-state index in [1.165, 1.54) is 0 Å². The molecule has 0 atom stereocenters. The minimum absolute atomic E-state index is 0.566. The van der Waals surface area contributed by atoms with Crippen molar-refractivity contribution in [2.45, 2.75) is 13.5 Å². The van der Waals surface area contributed by atoms with Crippen molar-refractivity contribution in [3.63, 3.8) is 0 Å². The lowest BCUT2D eigenvalue weighted by Gasteiger charge is -2.13. The van der Waals surface area contributed by atoms with Crippen LogP contribution in [0.5, 0.6) is 11.5 Å². The van der Waals surface area contributed by atoms with Crippen LogP contribution in [0.15, 0.2) is 48.5 Å². The van der Waals surface area contributed by atoms with Crippen LogP contribution in [0.1, 0.15) is 12.5 Å². The van der Waals surface area contributed by atoms with Crippen LogP contribution in [-0.2, 0) is 6.54 Å². The van der Waals surface area contributed by atoms with Crippen LogP contribution in [0.2, 0.25) is 0 Å². The molecule has 2 rings (SSSR count).